The molecule has 0 aromatic carbocycles. The first-order chi connectivity index (χ1) is 3.89. The Balaban J connectivity index is 4.19. The summed E-state index contributed by atoms with van der Waals surface area (Å²) in [4.78, 5) is 12.0. The lowest BCUT2D eigenvalue weighted by atomic mass is 10.3. The number of likely N-dealkylation sites (N-methyl/N-ethyl adjacent to an activating group) is 1. The summed E-state index contributed by atoms with van der Waals surface area (Å²) < 4.78 is 0. The number of hydrogen-bond acceptors (Lipinski definition) is 2. The molecule has 1 N–H and O–H groups in total. The predicted molar refractivity (Wildman–Crippen MR) is 39.4 cm³/mol. The highest BCUT2D eigenvalue weighted by molar-refractivity contribution is 7.20. The van der Waals surface area contributed by atoms with Gasteiger partial charge in [0.2, 0.25) is 0 Å². The van der Waals surface area contributed by atoms with Crippen LogP contribution >= 0.6 is 9.24 Å². The van der Waals surface area contributed by atoms with Gasteiger partial charge in [-0.15, -0.1) is 9.24 Å². The first-order valence-corrected chi connectivity index (χ1v) is 3.16. The largest absolute Gasteiger partial charge is 0.480 e. The Morgan fingerprint density at radius 2 is 2.00 bits per heavy atom. The van der Waals surface area contributed by atoms with Crippen molar-refractivity contribution >= 4 is 15.2 Å². The van der Waals surface area contributed by atoms with Crippen LogP contribution in [0.15, 0.2) is 0 Å². The Labute approximate surface area is 57.2 Å². The monoisotopic (exact) mass is 149 g/mol. The van der Waals surface area contributed by atoms with Gasteiger partial charge in [0, 0.05) is 0 Å². The van der Waals surface area contributed by atoms with E-state index in [4.69, 9.17) is 5.11 Å². The molecule has 54 valence electrons. The van der Waals surface area contributed by atoms with Gasteiger partial charge in [-0.2, -0.15) is 0 Å². The van der Waals surface area contributed by atoms with Gasteiger partial charge in [-0.25, -0.2) is 4.79 Å². The second-order valence-corrected chi connectivity index (χ2v) is 3.47. The first kappa shape index (κ1) is 8.86. The Kier molecular flexibility index (Phi) is 2.59. The lowest BCUT2D eigenvalue weighted by molar-refractivity contribution is -0.143. The van der Waals surface area contributed by atoms with Gasteiger partial charge in [-0.05, 0) is 21.0 Å². The lowest BCUT2D eigenvalue weighted by Crippen LogP contribution is -2.42. The number of carboxylic acid groups (broad SMARTS) is 1. The molecule has 9 heavy (non-hydrogen) atoms. The molecule has 0 aliphatic rings. The summed E-state index contributed by atoms with van der Waals surface area (Å²) in [5.74, 6) is -0.836. The molecule has 0 amide bonds. The van der Waals surface area contributed by atoms with Crippen molar-refractivity contribution in [2.24, 2.45) is 0 Å². The standard InChI is InChI=1S/C5H12NO2P/c1-5(9,4(7)8)6(2)3/h9H2,1-3H3,(H,7,8). The zero-order chi connectivity index (χ0) is 7.65. The zero-order valence-electron chi connectivity index (χ0n) is 5.88. The van der Waals surface area contributed by atoms with Crippen molar-refractivity contribution in [1.82, 2.24) is 4.90 Å². The molecule has 0 fully saturated rings. The molecule has 0 bridgehead atoms. The average Bonchev–Trinajstić information content (AvgIpc) is 1.65. The maximum absolute atomic E-state index is 10.4. The van der Waals surface area contributed by atoms with Crippen molar-refractivity contribution in [3.8, 4) is 0 Å². The van der Waals surface area contributed by atoms with Gasteiger partial charge in [0.1, 0.15) is 5.28 Å². The molecule has 0 spiro atoms. The number of hydrogen-bond donors (Lipinski definition) is 1. The van der Waals surface area contributed by atoms with E-state index in [0.29, 0.717) is 0 Å². The van der Waals surface area contributed by atoms with Crippen LogP contribution in [0, 0.1) is 0 Å². The van der Waals surface area contributed by atoms with E-state index in [0.717, 1.165) is 0 Å². The number of nitrogens with zero attached hydrogens (tertiary/aromatic N) is 1. The minimum absolute atomic E-state index is 0.833. The summed E-state index contributed by atoms with van der Waals surface area (Å²) in [7, 11) is 5.72. The van der Waals surface area contributed by atoms with Crippen LogP contribution < -0.4 is 0 Å². The van der Waals surface area contributed by atoms with Crippen molar-refractivity contribution < 1.29 is 9.90 Å². The highest BCUT2D eigenvalue weighted by atomic mass is 31.0. The summed E-state index contributed by atoms with van der Waals surface area (Å²) in [5.41, 5.74) is 0. The minimum Gasteiger partial charge on any atom is -0.480 e. The van der Waals surface area contributed by atoms with Crippen LogP contribution in [0.2, 0.25) is 0 Å². The Bertz CT molecular complexity index is 122. The normalized spacial score (nSPS) is 17.4. The molecule has 3 nitrogen and oxygen atoms in total. The summed E-state index contributed by atoms with van der Waals surface area (Å²) in [5, 5.41) is 7.72. The van der Waals surface area contributed by atoms with Crippen LogP contribution in [0.3, 0.4) is 0 Å². The van der Waals surface area contributed by atoms with Crippen molar-refractivity contribution in [2.45, 2.75) is 12.2 Å². The molecule has 4 heteroatoms. The molecular weight excluding hydrogens is 137 g/mol. The van der Waals surface area contributed by atoms with Crippen molar-refractivity contribution in [3.05, 3.63) is 0 Å². The van der Waals surface area contributed by atoms with E-state index in [1.807, 2.05) is 0 Å². The molecule has 0 radical (unpaired) electrons. The fourth-order valence-corrected chi connectivity index (χ4v) is 0.191. The number of aliphatic carboxylic acids is 1. The Morgan fingerprint density at radius 3 is 2.00 bits per heavy atom. The molecular formula is C5H12NO2P. The molecule has 0 saturated carbocycles. The predicted octanol–water partition coefficient (Wildman–Crippen LogP) is 0.224. The third-order valence-electron chi connectivity index (χ3n) is 1.36. The number of rotatable bonds is 2. The summed E-state index contributed by atoms with van der Waals surface area (Å²) >= 11 is 0. The fraction of sp³-hybridized carbons (Fsp3) is 0.800. The van der Waals surface area contributed by atoms with Crippen molar-refractivity contribution in [1.29, 1.82) is 0 Å². The van der Waals surface area contributed by atoms with Gasteiger partial charge >= 0.3 is 5.97 Å². The molecule has 0 aromatic rings. The van der Waals surface area contributed by atoms with Crippen LogP contribution in [0.5, 0.6) is 0 Å². The molecule has 0 heterocycles. The highest BCUT2D eigenvalue weighted by Gasteiger charge is 2.29. The Morgan fingerprint density at radius 1 is 1.67 bits per heavy atom. The number of carbonyl (C=O) groups is 1. The smallest absolute Gasteiger partial charge is 0.327 e. The Hall–Kier alpha value is -0.140. The average molecular weight is 149 g/mol. The zero-order valence-corrected chi connectivity index (χ0v) is 7.03. The van der Waals surface area contributed by atoms with Crippen LogP contribution in [-0.4, -0.2) is 35.4 Å². The summed E-state index contributed by atoms with van der Waals surface area (Å²) in [6.07, 6.45) is 0. The molecule has 0 aromatic heterocycles. The van der Waals surface area contributed by atoms with Gasteiger partial charge in [-0.1, -0.05) is 0 Å². The quantitative estimate of drug-likeness (QED) is 0.571. The van der Waals surface area contributed by atoms with Gasteiger partial charge in [0.15, 0.2) is 0 Å². The van der Waals surface area contributed by atoms with E-state index in [9.17, 15) is 4.79 Å². The second kappa shape index (κ2) is 2.63. The van der Waals surface area contributed by atoms with Gasteiger partial charge < -0.3 is 5.11 Å². The van der Waals surface area contributed by atoms with Crippen molar-refractivity contribution in [3.63, 3.8) is 0 Å². The van der Waals surface area contributed by atoms with E-state index < -0.39 is 11.2 Å². The summed E-state index contributed by atoms with van der Waals surface area (Å²) in [6.45, 7) is 1.62. The molecule has 0 aliphatic heterocycles. The number of carboxylic acids is 1. The van der Waals surface area contributed by atoms with Crippen LogP contribution in [0.1, 0.15) is 6.92 Å². The molecule has 2 atom stereocenters. The molecule has 2 unspecified atom stereocenters. The molecule has 0 saturated heterocycles. The fourth-order valence-electron chi connectivity index (χ4n) is 0.191. The first-order valence-electron chi connectivity index (χ1n) is 2.58. The second-order valence-electron chi connectivity index (χ2n) is 2.35. The maximum atomic E-state index is 10.4. The van der Waals surface area contributed by atoms with Gasteiger partial charge in [0.05, 0.1) is 0 Å². The van der Waals surface area contributed by atoms with E-state index >= 15 is 0 Å². The lowest BCUT2D eigenvalue weighted by Gasteiger charge is -2.26. The van der Waals surface area contributed by atoms with Crippen LogP contribution in [0.4, 0.5) is 0 Å². The van der Waals surface area contributed by atoms with Crippen LogP contribution in [-0.2, 0) is 4.79 Å². The SMILES string of the molecule is CN(C)C(C)(P)C(=O)O. The van der Waals surface area contributed by atoms with Gasteiger partial charge in [0.25, 0.3) is 0 Å². The highest BCUT2D eigenvalue weighted by Crippen LogP contribution is 2.19. The summed E-state index contributed by atoms with van der Waals surface area (Å²) in [6, 6.07) is 0. The van der Waals surface area contributed by atoms with Gasteiger partial charge in [-0.3, -0.25) is 4.90 Å². The van der Waals surface area contributed by atoms with Crippen molar-refractivity contribution in [2.75, 3.05) is 14.1 Å². The third kappa shape index (κ3) is 1.92. The van der Waals surface area contributed by atoms with E-state index in [1.54, 1.807) is 25.9 Å². The third-order valence-corrected chi connectivity index (χ3v) is 2.13. The minimum atomic E-state index is -0.836. The maximum Gasteiger partial charge on any atom is 0.327 e. The van der Waals surface area contributed by atoms with E-state index in [2.05, 4.69) is 9.24 Å². The van der Waals surface area contributed by atoms with E-state index in [1.165, 1.54) is 0 Å². The topological polar surface area (TPSA) is 40.5 Å². The van der Waals surface area contributed by atoms with Crippen LogP contribution in [0.25, 0.3) is 0 Å². The molecule has 0 aliphatic carbocycles. The molecule has 0 rings (SSSR count). The van der Waals surface area contributed by atoms with E-state index in [-0.39, 0.29) is 0 Å².